The maximum absolute atomic E-state index is 13.9. The molecule has 1 N–H and O–H groups in total. The van der Waals surface area contributed by atoms with E-state index in [0.717, 1.165) is 23.4 Å². The summed E-state index contributed by atoms with van der Waals surface area (Å²) in [6, 6.07) is 27.7. The molecule has 0 saturated carbocycles. The molecule has 1 atom stereocenters. The van der Waals surface area contributed by atoms with Crippen LogP contribution in [0.3, 0.4) is 0 Å². The van der Waals surface area contributed by atoms with Crippen molar-refractivity contribution in [3.8, 4) is 5.75 Å². The van der Waals surface area contributed by atoms with E-state index in [1.54, 1.807) is 17.0 Å². The second kappa shape index (κ2) is 9.58. The highest BCUT2D eigenvalue weighted by atomic mass is 16.3. The number of benzene rings is 3. The fourth-order valence-electron chi connectivity index (χ4n) is 5.22. The molecule has 0 aliphatic carbocycles. The summed E-state index contributed by atoms with van der Waals surface area (Å²) >= 11 is 0. The topological polar surface area (TPSA) is 74.0 Å². The van der Waals surface area contributed by atoms with Crippen LogP contribution < -0.4 is 4.90 Å². The van der Waals surface area contributed by atoms with Gasteiger partial charge in [0.25, 0.3) is 5.91 Å². The van der Waals surface area contributed by atoms with Gasteiger partial charge in [0, 0.05) is 19.5 Å². The molecule has 0 bridgehead atoms. The number of phenols is 1. The summed E-state index contributed by atoms with van der Waals surface area (Å²) in [6.07, 6.45) is 1.42. The number of rotatable bonds is 7. The van der Waals surface area contributed by atoms with Gasteiger partial charge in [-0.15, -0.1) is 0 Å². The van der Waals surface area contributed by atoms with E-state index in [1.165, 1.54) is 5.56 Å². The lowest BCUT2D eigenvalue weighted by Crippen LogP contribution is -2.50. The van der Waals surface area contributed by atoms with Crippen LogP contribution in [-0.4, -0.2) is 50.6 Å². The van der Waals surface area contributed by atoms with Crippen LogP contribution in [-0.2, 0) is 19.4 Å². The number of guanidine groups is 1. The van der Waals surface area contributed by atoms with Crippen molar-refractivity contribution in [2.75, 3.05) is 18.0 Å². The lowest BCUT2D eigenvalue weighted by molar-refractivity contribution is 0.0836. The third kappa shape index (κ3) is 4.37. The summed E-state index contributed by atoms with van der Waals surface area (Å²) in [5.74, 6) is 2.37. The number of carbonyl (C=O) groups is 1. The molecule has 0 fully saturated rings. The van der Waals surface area contributed by atoms with E-state index in [9.17, 15) is 9.90 Å². The van der Waals surface area contributed by atoms with Gasteiger partial charge >= 0.3 is 0 Å². The van der Waals surface area contributed by atoms with Gasteiger partial charge in [0.1, 0.15) is 11.6 Å². The zero-order valence-electron chi connectivity index (χ0n) is 20.8. The third-order valence-electron chi connectivity index (χ3n) is 7.02. The van der Waals surface area contributed by atoms with Crippen molar-refractivity contribution in [2.24, 2.45) is 4.99 Å². The Bertz CT molecular complexity index is 1440. The van der Waals surface area contributed by atoms with Gasteiger partial charge in [0.05, 0.1) is 12.6 Å². The van der Waals surface area contributed by atoms with Gasteiger partial charge in [-0.05, 0) is 42.2 Å². The first-order valence-electron chi connectivity index (χ1n) is 12.7. The Balaban J connectivity index is 1.42. The van der Waals surface area contributed by atoms with Crippen molar-refractivity contribution < 1.29 is 9.90 Å². The lowest BCUT2D eigenvalue weighted by atomic mass is 10.1. The van der Waals surface area contributed by atoms with Crippen LogP contribution in [0.2, 0.25) is 0 Å². The number of hydrogen-bond donors (Lipinski definition) is 1. The average molecular weight is 492 g/mol. The molecule has 7 nitrogen and oxygen atoms in total. The molecule has 6 rings (SSSR count). The predicted octanol–water partition coefficient (Wildman–Crippen LogP) is 4.49. The maximum atomic E-state index is 13.9. The van der Waals surface area contributed by atoms with Crippen LogP contribution in [0.5, 0.6) is 5.75 Å². The second-order valence-corrected chi connectivity index (χ2v) is 9.55. The molecule has 1 aromatic heterocycles. The highest BCUT2D eigenvalue weighted by Gasteiger charge is 2.43. The summed E-state index contributed by atoms with van der Waals surface area (Å²) in [4.78, 5) is 27.9. The first-order chi connectivity index (χ1) is 18.1. The van der Waals surface area contributed by atoms with Crippen LogP contribution in [0.15, 0.2) is 89.9 Å². The highest BCUT2D eigenvalue weighted by Crippen LogP contribution is 2.34. The number of nitrogens with zero attached hydrogens (tertiary/aromatic N) is 5. The zero-order chi connectivity index (χ0) is 25.4. The van der Waals surface area contributed by atoms with Crippen molar-refractivity contribution in [2.45, 2.75) is 32.4 Å². The molecule has 186 valence electrons. The monoisotopic (exact) mass is 491 g/mol. The van der Waals surface area contributed by atoms with E-state index in [2.05, 4.69) is 29.2 Å². The number of phenolic OH excluding ortho intramolecular Hbond substituents is 1. The first-order valence-corrected chi connectivity index (χ1v) is 12.7. The number of fused-ring (bicyclic) bond motifs is 3. The van der Waals surface area contributed by atoms with Crippen molar-refractivity contribution >= 4 is 17.7 Å². The molecular formula is C30H29N5O2. The van der Waals surface area contributed by atoms with Crippen LogP contribution in [0.4, 0.5) is 5.82 Å². The molecule has 0 saturated heterocycles. The molecule has 3 aromatic carbocycles. The molecule has 3 heterocycles. The molecule has 7 heteroatoms. The molecule has 37 heavy (non-hydrogen) atoms. The van der Waals surface area contributed by atoms with Gasteiger partial charge < -0.3 is 9.67 Å². The number of anilines is 1. The minimum absolute atomic E-state index is 0.0463. The van der Waals surface area contributed by atoms with E-state index < -0.39 is 0 Å². The van der Waals surface area contributed by atoms with Crippen LogP contribution >= 0.6 is 0 Å². The average Bonchev–Trinajstić information content (AvgIpc) is 3.48. The van der Waals surface area contributed by atoms with Gasteiger partial charge in [0.15, 0.2) is 11.5 Å². The van der Waals surface area contributed by atoms with Gasteiger partial charge in [-0.3, -0.25) is 14.6 Å². The molecule has 0 unspecified atom stereocenters. The van der Waals surface area contributed by atoms with Crippen molar-refractivity contribution in [1.29, 1.82) is 0 Å². The number of imidazole rings is 1. The van der Waals surface area contributed by atoms with Gasteiger partial charge in [-0.2, -0.15) is 0 Å². The second-order valence-electron chi connectivity index (χ2n) is 9.55. The number of carbonyl (C=O) groups excluding carboxylic acids is 1. The van der Waals surface area contributed by atoms with E-state index in [0.29, 0.717) is 43.5 Å². The summed E-state index contributed by atoms with van der Waals surface area (Å²) in [6.45, 7) is 3.69. The molecule has 2 aliphatic heterocycles. The fraction of sp³-hybridized carbons (Fsp3) is 0.233. The summed E-state index contributed by atoms with van der Waals surface area (Å²) < 4.78 is 2.04. The third-order valence-corrected chi connectivity index (χ3v) is 7.02. The Morgan fingerprint density at radius 1 is 0.892 bits per heavy atom. The maximum Gasteiger partial charge on any atom is 0.281 e. The number of amides is 1. The van der Waals surface area contributed by atoms with Gasteiger partial charge in [0.2, 0.25) is 5.96 Å². The smallest absolute Gasteiger partial charge is 0.281 e. The van der Waals surface area contributed by atoms with Crippen LogP contribution in [0.25, 0.3) is 0 Å². The molecular weight excluding hydrogens is 462 g/mol. The van der Waals surface area contributed by atoms with E-state index in [-0.39, 0.29) is 17.7 Å². The molecule has 0 spiro atoms. The van der Waals surface area contributed by atoms with Crippen LogP contribution in [0.1, 0.15) is 39.9 Å². The largest absolute Gasteiger partial charge is 0.508 e. The molecule has 0 radical (unpaired) electrons. The Morgan fingerprint density at radius 3 is 2.24 bits per heavy atom. The Morgan fingerprint density at radius 2 is 1.57 bits per heavy atom. The summed E-state index contributed by atoms with van der Waals surface area (Å²) in [5, 5.41) is 9.77. The first kappa shape index (κ1) is 23.0. The van der Waals surface area contributed by atoms with E-state index in [4.69, 9.17) is 9.98 Å². The van der Waals surface area contributed by atoms with Crippen molar-refractivity contribution in [3.05, 3.63) is 113 Å². The van der Waals surface area contributed by atoms with E-state index in [1.807, 2.05) is 60.0 Å². The summed E-state index contributed by atoms with van der Waals surface area (Å²) in [5.41, 5.74) is 3.95. The SMILES string of the molecule is CCN1C(=O)c2c(nc(Cc3ccccc3)n2Cc2ccc(O)cc2)N2C[C@@H](Cc3ccccc3)N=C12. The van der Waals surface area contributed by atoms with Gasteiger partial charge in [-0.25, -0.2) is 9.98 Å². The highest BCUT2D eigenvalue weighted by molar-refractivity contribution is 6.18. The zero-order valence-corrected chi connectivity index (χ0v) is 20.8. The Labute approximate surface area is 216 Å². The normalized spacial score (nSPS) is 16.5. The quantitative estimate of drug-likeness (QED) is 0.413. The Kier molecular flexibility index (Phi) is 5.96. The minimum Gasteiger partial charge on any atom is -0.508 e. The molecule has 4 aromatic rings. The number of hydrogen-bond acceptors (Lipinski definition) is 5. The standard InChI is InChI=1S/C30H29N5O2/c1-2-33-29(37)27-28(35-20-24(31-30(33)35)17-21-9-5-3-6-10-21)32-26(18-22-11-7-4-8-12-22)34(27)19-23-13-15-25(36)16-14-23/h3-16,24,36H,2,17-20H2,1H3/t24-/m1/s1. The van der Waals surface area contributed by atoms with Crippen molar-refractivity contribution in [3.63, 3.8) is 0 Å². The van der Waals surface area contributed by atoms with Gasteiger partial charge in [-0.1, -0.05) is 72.8 Å². The fourth-order valence-corrected chi connectivity index (χ4v) is 5.22. The lowest BCUT2D eigenvalue weighted by Gasteiger charge is -2.33. The van der Waals surface area contributed by atoms with Crippen LogP contribution in [0, 0.1) is 0 Å². The van der Waals surface area contributed by atoms with E-state index >= 15 is 0 Å². The molecule has 1 amide bonds. The number of aromatic nitrogens is 2. The number of aliphatic imine (C=N–C) groups is 1. The number of aromatic hydroxyl groups is 1. The summed E-state index contributed by atoms with van der Waals surface area (Å²) in [7, 11) is 0. The predicted molar refractivity (Wildman–Crippen MR) is 144 cm³/mol. The minimum atomic E-state index is -0.0709. The van der Waals surface area contributed by atoms with Crippen molar-refractivity contribution in [1.82, 2.24) is 14.5 Å². The Hall–Kier alpha value is -4.39. The molecule has 2 aliphatic rings.